The molecule has 10 heteroatoms. The maximum absolute atomic E-state index is 9.99. The van der Waals surface area contributed by atoms with Crippen LogP contribution in [0.15, 0.2) is 0 Å². The van der Waals surface area contributed by atoms with Gasteiger partial charge in [-0.3, -0.25) is 0 Å². The molecule has 0 aromatic carbocycles. The van der Waals surface area contributed by atoms with E-state index in [2.05, 4.69) is 0 Å². The van der Waals surface area contributed by atoms with Crippen LogP contribution in [0.2, 0.25) is 0 Å². The molecule has 2 aliphatic rings. The Labute approximate surface area is 126 Å². The zero-order valence-electron chi connectivity index (χ0n) is 11.8. The van der Waals surface area contributed by atoms with Crippen molar-refractivity contribution in [1.82, 2.24) is 0 Å². The normalized spacial score (nSPS) is 53.5. The van der Waals surface area contributed by atoms with E-state index in [0.717, 1.165) is 0 Å². The lowest BCUT2D eigenvalue weighted by Crippen LogP contribution is -2.63. The highest BCUT2D eigenvalue weighted by atomic mass is 16.7. The second kappa shape index (κ2) is 7.01. The number of aliphatic hydroxyl groups excluding tert-OH is 7. The molecule has 22 heavy (non-hydrogen) atoms. The van der Waals surface area contributed by atoms with Crippen molar-refractivity contribution in [1.29, 1.82) is 0 Å². The zero-order valence-corrected chi connectivity index (χ0v) is 11.8. The summed E-state index contributed by atoms with van der Waals surface area (Å²) in [5.74, 6) is 0. The van der Waals surface area contributed by atoms with Gasteiger partial charge in [-0.2, -0.15) is 0 Å². The number of hydrogen-bond donors (Lipinski definition) is 7. The first-order valence-electron chi connectivity index (χ1n) is 6.93. The van der Waals surface area contributed by atoms with Gasteiger partial charge in [-0.25, -0.2) is 0 Å². The fraction of sp³-hybridized carbons (Fsp3) is 1.00. The van der Waals surface area contributed by atoms with Gasteiger partial charge in [0.05, 0.1) is 12.7 Å². The van der Waals surface area contributed by atoms with E-state index < -0.39 is 68.0 Å². The van der Waals surface area contributed by atoms with Gasteiger partial charge in [-0.1, -0.05) is 0 Å². The summed E-state index contributed by atoms with van der Waals surface area (Å²) in [6.45, 7) is 0.814. The Bertz CT molecular complexity index is 368. The molecule has 2 aliphatic heterocycles. The van der Waals surface area contributed by atoms with E-state index in [9.17, 15) is 30.6 Å². The Kier molecular flexibility index (Phi) is 5.72. The lowest BCUT2D eigenvalue weighted by Gasteiger charge is -2.44. The van der Waals surface area contributed by atoms with Crippen molar-refractivity contribution >= 4 is 0 Å². The van der Waals surface area contributed by atoms with Crippen LogP contribution in [0.3, 0.4) is 0 Å². The molecule has 2 saturated heterocycles. The number of rotatable bonds is 3. The first-order chi connectivity index (χ1) is 10.3. The van der Waals surface area contributed by atoms with Crippen molar-refractivity contribution in [3.63, 3.8) is 0 Å². The van der Waals surface area contributed by atoms with E-state index in [1.807, 2.05) is 0 Å². The van der Waals surface area contributed by atoms with E-state index in [1.54, 1.807) is 0 Å². The molecule has 10 atom stereocenters. The Hall–Kier alpha value is -0.400. The summed E-state index contributed by atoms with van der Waals surface area (Å²) in [4.78, 5) is 0. The van der Waals surface area contributed by atoms with Gasteiger partial charge in [0.25, 0.3) is 0 Å². The van der Waals surface area contributed by atoms with Gasteiger partial charge < -0.3 is 50.0 Å². The molecule has 0 amide bonds. The summed E-state index contributed by atoms with van der Waals surface area (Å²) < 4.78 is 15.3. The lowest BCUT2D eigenvalue weighted by atomic mass is 9.97. The summed E-state index contributed by atoms with van der Waals surface area (Å²) >= 11 is 0. The minimum Gasteiger partial charge on any atom is -0.394 e. The van der Waals surface area contributed by atoms with Crippen molar-refractivity contribution in [3.8, 4) is 0 Å². The number of hydrogen-bond acceptors (Lipinski definition) is 10. The molecule has 130 valence electrons. The third kappa shape index (κ3) is 3.26. The summed E-state index contributed by atoms with van der Waals surface area (Å²) in [5.41, 5.74) is 0. The second-order valence-electron chi connectivity index (χ2n) is 5.51. The van der Waals surface area contributed by atoms with Gasteiger partial charge in [-0.15, -0.1) is 0 Å². The van der Waals surface area contributed by atoms with Crippen molar-refractivity contribution in [2.45, 2.75) is 68.3 Å². The first kappa shape index (κ1) is 17.9. The van der Waals surface area contributed by atoms with Crippen LogP contribution in [-0.2, 0) is 14.2 Å². The molecule has 0 radical (unpaired) electrons. The van der Waals surface area contributed by atoms with E-state index in [4.69, 9.17) is 19.3 Å². The maximum atomic E-state index is 9.99. The summed E-state index contributed by atoms with van der Waals surface area (Å²) in [5, 5.41) is 67.6. The Balaban J connectivity index is 2.10. The van der Waals surface area contributed by atoms with Gasteiger partial charge in [0.15, 0.2) is 12.6 Å². The SMILES string of the molecule is C[C@@H]1O[C@@H](O[C@H]2[C@H](O)[C@@H](CO)OC(O)[C@H]2O)[C@H](O)[C@H](O)[C@H]1O. The highest BCUT2D eigenvalue weighted by molar-refractivity contribution is 4.93. The lowest BCUT2D eigenvalue weighted by molar-refractivity contribution is -0.352. The van der Waals surface area contributed by atoms with Crippen LogP contribution in [0.5, 0.6) is 0 Å². The minimum absolute atomic E-state index is 0.628. The molecule has 2 rings (SSSR count). The molecule has 0 bridgehead atoms. The highest BCUT2D eigenvalue weighted by Gasteiger charge is 2.49. The standard InChI is InChI=1S/C12H22O10/c1-3-5(14)7(16)8(17)12(20-3)22-10-6(15)4(2-13)21-11(19)9(10)18/h3-19H,2H2,1H3/t3-,4+,5-,6+,7+,8+,9-,10-,11?,12-/m0/s1. The molecule has 2 fully saturated rings. The molecule has 2 heterocycles. The quantitative estimate of drug-likeness (QED) is 0.269. The van der Waals surface area contributed by atoms with Gasteiger partial charge in [0.2, 0.25) is 0 Å². The minimum atomic E-state index is -1.71. The largest absolute Gasteiger partial charge is 0.394 e. The molecule has 7 N–H and O–H groups in total. The van der Waals surface area contributed by atoms with Gasteiger partial charge in [0, 0.05) is 0 Å². The van der Waals surface area contributed by atoms with Gasteiger partial charge >= 0.3 is 0 Å². The molecule has 0 aliphatic carbocycles. The first-order valence-corrected chi connectivity index (χ1v) is 6.93. The third-order valence-electron chi connectivity index (χ3n) is 3.94. The smallest absolute Gasteiger partial charge is 0.187 e. The summed E-state index contributed by atoms with van der Waals surface area (Å²) in [7, 11) is 0. The fourth-order valence-electron chi connectivity index (χ4n) is 2.51. The number of ether oxygens (including phenoxy) is 3. The average Bonchev–Trinajstić information content (AvgIpc) is 2.50. The molecule has 10 nitrogen and oxygen atoms in total. The van der Waals surface area contributed by atoms with Crippen LogP contribution in [0.1, 0.15) is 6.92 Å². The van der Waals surface area contributed by atoms with Crippen LogP contribution < -0.4 is 0 Å². The van der Waals surface area contributed by atoms with Gasteiger partial charge in [0.1, 0.15) is 42.7 Å². The molecular formula is C12H22O10. The number of aliphatic hydroxyl groups is 7. The molecule has 0 spiro atoms. The van der Waals surface area contributed by atoms with Crippen molar-refractivity contribution in [2.24, 2.45) is 0 Å². The monoisotopic (exact) mass is 326 g/mol. The molecule has 0 saturated carbocycles. The van der Waals surface area contributed by atoms with Crippen LogP contribution in [-0.4, -0.2) is 104 Å². The van der Waals surface area contributed by atoms with Crippen LogP contribution in [0.25, 0.3) is 0 Å². The van der Waals surface area contributed by atoms with Crippen LogP contribution >= 0.6 is 0 Å². The van der Waals surface area contributed by atoms with E-state index in [0.29, 0.717) is 0 Å². The Morgan fingerprint density at radius 2 is 1.45 bits per heavy atom. The predicted octanol–water partition coefficient (Wildman–Crippen LogP) is -4.37. The topological polar surface area (TPSA) is 169 Å². The fourth-order valence-corrected chi connectivity index (χ4v) is 2.51. The molecule has 0 aromatic rings. The van der Waals surface area contributed by atoms with E-state index in [1.165, 1.54) is 6.92 Å². The molecule has 1 unspecified atom stereocenters. The third-order valence-corrected chi connectivity index (χ3v) is 3.94. The maximum Gasteiger partial charge on any atom is 0.187 e. The zero-order chi connectivity index (χ0) is 16.6. The van der Waals surface area contributed by atoms with Crippen LogP contribution in [0, 0.1) is 0 Å². The highest BCUT2D eigenvalue weighted by Crippen LogP contribution is 2.28. The predicted molar refractivity (Wildman–Crippen MR) is 67.2 cm³/mol. The summed E-state index contributed by atoms with van der Waals surface area (Å²) in [6, 6.07) is 0. The van der Waals surface area contributed by atoms with Gasteiger partial charge in [-0.05, 0) is 6.92 Å². The van der Waals surface area contributed by atoms with Crippen molar-refractivity contribution in [3.05, 3.63) is 0 Å². The van der Waals surface area contributed by atoms with Crippen LogP contribution in [0.4, 0.5) is 0 Å². The average molecular weight is 326 g/mol. The molecule has 0 aromatic heterocycles. The van der Waals surface area contributed by atoms with E-state index >= 15 is 0 Å². The second-order valence-corrected chi connectivity index (χ2v) is 5.51. The molecular weight excluding hydrogens is 304 g/mol. The van der Waals surface area contributed by atoms with Crippen molar-refractivity contribution < 1.29 is 50.0 Å². The summed E-state index contributed by atoms with van der Waals surface area (Å²) in [6.07, 6.45) is -14.3. The Morgan fingerprint density at radius 1 is 0.818 bits per heavy atom. The van der Waals surface area contributed by atoms with E-state index in [-0.39, 0.29) is 0 Å². The van der Waals surface area contributed by atoms with Crippen molar-refractivity contribution in [2.75, 3.05) is 6.61 Å². The Morgan fingerprint density at radius 3 is 2.05 bits per heavy atom.